The zero-order chi connectivity index (χ0) is 19.6. The normalized spacial score (nSPS) is 20.6. The molecule has 7 heteroatoms. The number of carbonyl (C=O) groups is 1. The van der Waals surface area contributed by atoms with Gasteiger partial charge in [-0.1, -0.05) is 19.1 Å². The SMILES string of the molecule is CCNC(=NCc1ccc(C(=O)NC(C)CC)cc1)NC1CCC(O)CC1.I. The number of hydrogen-bond donors (Lipinski definition) is 4. The second-order valence-electron chi connectivity index (χ2n) is 7.32. The van der Waals surface area contributed by atoms with E-state index in [4.69, 9.17) is 0 Å². The van der Waals surface area contributed by atoms with Gasteiger partial charge in [-0.2, -0.15) is 0 Å². The minimum atomic E-state index is -0.154. The first kappa shape index (κ1) is 24.7. The summed E-state index contributed by atoms with van der Waals surface area (Å²) in [4.78, 5) is 16.8. The van der Waals surface area contributed by atoms with Crippen LogP contribution in [0.1, 0.15) is 68.8 Å². The van der Waals surface area contributed by atoms with Crippen molar-refractivity contribution >= 4 is 35.8 Å². The van der Waals surface area contributed by atoms with Crippen LogP contribution in [0.5, 0.6) is 0 Å². The van der Waals surface area contributed by atoms with Crippen LogP contribution in [0.15, 0.2) is 29.3 Å². The van der Waals surface area contributed by atoms with Crippen molar-refractivity contribution < 1.29 is 9.90 Å². The molecule has 1 aliphatic carbocycles. The highest BCUT2D eigenvalue weighted by molar-refractivity contribution is 14.0. The standard InChI is InChI=1S/C21H34N4O2.HI/c1-4-15(3)24-20(27)17-8-6-16(7-9-17)14-23-21(22-5-2)25-18-10-12-19(26)13-11-18;/h6-9,15,18-19,26H,4-5,10-14H2,1-3H3,(H,24,27)(H2,22,23,25);1H. The maximum atomic E-state index is 12.1. The van der Waals surface area contributed by atoms with Crippen LogP contribution < -0.4 is 16.0 Å². The highest BCUT2D eigenvalue weighted by atomic mass is 127. The van der Waals surface area contributed by atoms with Crippen LogP contribution in [-0.2, 0) is 6.54 Å². The van der Waals surface area contributed by atoms with E-state index >= 15 is 0 Å². The molecule has 1 atom stereocenters. The maximum absolute atomic E-state index is 12.1. The maximum Gasteiger partial charge on any atom is 0.251 e. The van der Waals surface area contributed by atoms with E-state index in [0.717, 1.165) is 50.2 Å². The van der Waals surface area contributed by atoms with E-state index in [2.05, 4.69) is 27.9 Å². The summed E-state index contributed by atoms with van der Waals surface area (Å²) >= 11 is 0. The molecule has 1 saturated carbocycles. The Labute approximate surface area is 186 Å². The fraction of sp³-hybridized carbons (Fsp3) is 0.619. The van der Waals surface area contributed by atoms with Gasteiger partial charge in [0.15, 0.2) is 5.96 Å². The highest BCUT2D eigenvalue weighted by Crippen LogP contribution is 2.18. The van der Waals surface area contributed by atoms with E-state index in [1.54, 1.807) is 0 Å². The van der Waals surface area contributed by atoms with Gasteiger partial charge in [-0.25, -0.2) is 4.99 Å². The van der Waals surface area contributed by atoms with Gasteiger partial charge in [0.05, 0.1) is 12.6 Å². The number of guanidine groups is 1. The van der Waals surface area contributed by atoms with Gasteiger partial charge in [0.2, 0.25) is 0 Å². The van der Waals surface area contributed by atoms with Crippen LogP contribution >= 0.6 is 24.0 Å². The summed E-state index contributed by atoms with van der Waals surface area (Å²) in [6.45, 7) is 7.46. The Morgan fingerprint density at radius 2 is 1.82 bits per heavy atom. The van der Waals surface area contributed by atoms with E-state index in [0.29, 0.717) is 18.2 Å². The second-order valence-corrected chi connectivity index (χ2v) is 7.32. The van der Waals surface area contributed by atoms with Crippen molar-refractivity contribution in [1.29, 1.82) is 0 Å². The molecular weight excluding hydrogens is 467 g/mol. The topological polar surface area (TPSA) is 85.8 Å². The lowest BCUT2D eigenvalue weighted by Crippen LogP contribution is -2.45. The predicted octanol–water partition coefficient (Wildman–Crippen LogP) is 3.19. The third-order valence-electron chi connectivity index (χ3n) is 5.01. The lowest BCUT2D eigenvalue weighted by molar-refractivity contribution is 0.0939. The number of aliphatic hydroxyl groups is 1. The second kappa shape index (κ2) is 13.0. The van der Waals surface area contributed by atoms with Crippen molar-refractivity contribution in [2.24, 2.45) is 4.99 Å². The molecule has 0 aromatic heterocycles. The van der Waals surface area contributed by atoms with E-state index in [1.807, 2.05) is 38.1 Å². The van der Waals surface area contributed by atoms with Crippen LogP contribution in [0.4, 0.5) is 0 Å². The number of nitrogens with one attached hydrogen (secondary N) is 3. The van der Waals surface area contributed by atoms with Crippen molar-refractivity contribution in [2.45, 2.75) is 77.6 Å². The molecule has 1 aromatic carbocycles. The molecule has 1 amide bonds. The fourth-order valence-electron chi connectivity index (χ4n) is 3.07. The van der Waals surface area contributed by atoms with Crippen LogP contribution in [0.3, 0.4) is 0 Å². The third-order valence-corrected chi connectivity index (χ3v) is 5.01. The molecule has 6 nitrogen and oxygen atoms in total. The largest absolute Gasteiger partial charge is 0.393 e. The van der Waals surface area contributed by atoms with Gasteiger partial charge in [-0.15, -0.1) is 24.0 Å². The lowest BCUT2D eigenvalue weighted by atomic mass is 9.93. The minimum Gasteiger partial charge on any atom is -0.393 e. The van der Waals surface area contributed by atoms with Crippen LogP contribution in [-0.4, -0.2) is 41.7 Å². The number of rotatable bonds is 7. The van der Waals surface area contributed by atoms with Crippen LogP contribution in [0.25, 0.3) is 0 Å². The third kappa shape index (κ3) is 8.34. The van der Waals surface area contributed by atoms with E-state index in [-0.39, 0.29) is 42.0 Å². The Kier molecular flexibility index (Phi) is 11.4. The molecule has 2 rings (SSSR count). The average Bonchev–Trinajstić information content (AvgIpc) is 2.68. The van der Waals surface area contributed by atoms with Gasteiger partial charge < -0.3 is 21.1 Å². The summed E-state index contributed by atoms with van der Waals surface area (Å²) in [6.07, 6.45) is 4.38. The molecule has 158 valence electrons. The van der Waals surface area contributed by atoms with Gasteiger partial charge in [-0.3, -0.25) is 4.79 Å². The van der Waals surface area contributed by atoms with Gasteiger partial charge in [-0.05, 0) is 63.6 Å². The number of halogens is 1. The lowest BCUT2D eigenvalue weighted by Gasteiger charge is -2.27. The summed E-state index contributed by atoms with van der Waals surface area (Å²) in [5.41, 5.74) is 1.74. The summed E-state index contributed by atoms with van der Waals surface area (Å²) in [7, 11) is 0. The summed E-state index contributed by atoms with van der Waals surface area (Å²) in [6, 6.07) is 8.15. The zero-order valence-corrected chi connectivity index (χ0v) is 19.5. The monoisotopic (exact) mass is 502 g/mol. The van der Waals surface area contributed by atoms with Gasteiger partial charge in [0.25, 0.3) is 5.91 Å². The number of aliphatic hydroxyl groups excluding tert-OH is 1. The number of nitrogens with zero attached hydrogens (tertiary/aromatic N) is 1. The van der Waals surface area contributed by atoms with Crippen molar-refractivity contribution in [3.63, 3.8) is 0 Å². The molecule has 0 heterocycles. The van der Waals surface area contributed by atoms with Crippen molar-refractivity contribution in [3.05, 3.63) is 35.4 Å². The Hall–Kier alpha value is -1.35. The molecule has 0 saturated heterocycles. The van der Waals surface area contributed by atoms with E-state index < -0.39 is 0 Å². The number of amides is 1. The van der Waals surface area contributed by atoms with E-state index in [1.165, 1.54) is 0 Å². The highest BCUT2D eigenvalue weighted by Gasteiger charge is 2.19. The molecule has 1 aliphatic rings. The van der Waals surface area contributed by atoms with Crippen molar-refractivity contribution in [2.75, 3.05) is 6.54 Å². The molecule has 4 N–H and O–H groups in total. The van der Waals surface area contributed by atoms with Crippen molar-refractivity contribution in [3.8, 4) is 0 Å². The molecule has 0 bridgehead atoms. The summed E-state index contributed by atoms with van der Waals surface area (Å²) < 4.78 is 0. The predicted molar refractivity (Wildman–Crippen MR) is 125 cm³/mol. The average molecular weight is 502 g/mol. The van der Waals surface area contributed by atoms with Gasteiger partial charge in [0.1, 0.15) is 0 Å². The smallest absolute Gasteiger partial charge is 0.251 e. The van der Waals surface area contributed by atoms with Crippen molar-refractivity contribution in [1.82, 2.24) is 16.0 Å². The first-order chi connectivity index (χ1) is 13.0. The Balaban J connectivity index is 0.00000392. The molecule has 1 unspecified atom stereocenters. The first-order valence-electron chi connectivity index (χ1n) is 10.1. The summed E-state index contributed by atoms with van der Waals surface area (Å²) in [5.74, 6) is 0.770. The Morgan fingerprint density at radius 3 is 2.39 bits per heavy atom. The zero-order valence-electron chi connectivity index (χ0n) is 17.2. The van der Waals surface area contributed by atoms with Crippen LogP contribution in [0.2, 0.25) is 0 Å². The molecule has 0 radical (unpaired) electrons. The van der Waals surface area contributed by atoms with E-state index in [9.17, 15) is 9.90 Å². The van der Waals surface area contributed by atoms with Gasteiger partial charge >= 0.3 is 0 Å². The Bertz CT molecular complexity index is 613. The molecular formula is C21H35IN4O2. The summed E-state index contributed by atoms with van der Waals surface area (Å²) in [5, 5.41) is 19.4. The van der Waals surface area contributed by atoms with Crippen LogP contribution in [0, 0.1) is 0 Å². The molecule has 28 heavy (non-hydrogen) atoms. The molecule has 0 spiro atoms. The number of aliphatic imine (C=N–C) groups is 1. The number of benzene rings is 1. The quantitative estimate of drug-likeness (QED) is 0.262. The molecule has 0 aliphatic heterocycles. The number of hydrogen-bond acceptors (Lipinski definition) is 3. The fourth-order valence-corrected chi connectivity index (χ4v) is 3.07. The molecule has 1 aromatic rings. The number of carbonyl (C=O) groups excluding carboxylic acids is 1. The first-order valence-corrected chi connectivity index (χ1v) is 10.1. The molecule has 1 fully saturated rings. The minimum absolute atomic E-state index is 0. The Morgan fingerprint density at radius 1 is 1.18 bits per heavy atom. The van der Waals surface area contributed by atoms with Gasteiger partial charge in [0, 0.05) is 24.2 Å².